The minimum Gasteiger partial charge on any atom is -0.496 e. The van der Waals surface area contributed by atoms with Gasteiger partial charge in [0.1, 0.15) is 11.5 Å². The Labute approximate surface area is 113 Å². The van der Waals surface area contributed by atoms with Crippen LogP contribution in [0.3, 0.4) is 0 Å². The first-order chi connectivity index (χ1) is 8.60. The van der Waals surface area contributed by atoms with Crippen LogP contribution < -0.4 is 15.2 Å². The molecule has 1 saturated carbocycles. The molecule has 0 saturated heterocycles. The van der Waals surface area contributed by atoms with E-state index in [1.165, 1.54) is 6.42 Å². The Hall–Kier alpha value is -0.930. The topological polar surface area (TPSA) is 44.5 Å². The SMILES string of the molecule is COc1cc(OC)c(C2(N)CCCCC2)cc1Cl. The summed E-state index contributed by atoms with van der Waals surface area (Å²) in [4.78, 5) is 0. The molecule has 0 heterocycles. The van der Waals surface area contributed by atoms with E-state index < -0.39 is 0 Å². The van der Waals surface area contributed by atoms with Crippen LogP contribution >= 0.6 is 11.6 Å². The average Bonchev–Trinajstić information content (AvgIpc) is 2.39. The summed E-state index contributed by atoms with van der Waals surface area (Å²) < 4.78 is 10.7. The Morgan fingerprint density at radius 3 is 2.22 bits per heavy atom. The van der Waals surface area contributed by atoms with Crippen molar-refractivity contribution >= 4 is 11.6 Å². The van der Waals surface area contributed by atoms with Crippen molar-refractivity contribution in [2.75, 3.05) is 14.2 Å². The largest absolute Gasteiger partial charge is 0.496 e. The van der Waals surface area contributed by atoms with Gasteiger partial charge in [-0.05, 0) is 18.9 Å². The Kier molecular flexibility index (Phi) is 4.03. The molecule has 100 valence electrons. The zero-order valence-electron chi connectivity index (χ0n) is 11.0. The fraction of sp³-hybridized carbons (Fsp3) is 0.571. The first kappa shape index (κ1) is 13.5. The Balaban J connectivity index is 2.45. The van der Waals surface area contributed by atoms with Gasteiger partial charge >= 0.3 is 0 Å². The molecule has 1 aromatic rings. The molecule has 2 N–H and O–H groups in total. The molecule has 0 atom stereocenters. The van der Waals surface area contributed by atoms with Gasteiger partial charge in [0.05, 0.1) is 19.2 Å². The van der Waals surface area contributed by atoms with Crippen LogP contribution in [0.4, 0.5) is 0 Å². The predicted octanol–water partition coefficient (Wildman–Crippen LogP) is 3.48. The highest BCUT2D eigenvalue weighted by Crippen LogP contribution is 2.43. The summed E-state index contributed by atoms with van der Waals surface area (Å²) in [6.07, 6.45) is 5.52. The van der Waals surface area contributed by atoms with E-state index in [2.05, 4.69) is 0 Å². The van der Waals surface area contributed by atoms with Gasteiger partial charge in [0.15, 0.2) is 0 Å². The second kappa shape index (κ2) is 5.37. The lowest BCUT2D eigenvalue weighted by Crippen LogP contribution is -2.38. The number of rotatable bonds is 3. The number of hydrogen-bond donors (Lipinski definition) is 1. The standard InChI is InChI=1S/C14H20ClNO2/c1-17-12-9-13(18-2)11(15)8-10(12)14(16)6-4-3-5-7-14/h8-9H,3-7,16H2,1-2H3. The minimum absolute atomic E-state index is 0.320. The average molecular weight is 270 g/mol. The summed E-state index contributed by atoms with van der Waals surface area (Å²) in [5, 5.41) is 0.587. The zero-order chi connectivity index (χ0) is 13.2. The van der Waals surface area contributed by atoms with Gasteiger partial charge in [0, 0.05) is 17.2 Å². The van der Waals surface area contributed by atoms with Gasteiger partial charge < -0.3 is 15.2 Å². The van der Waals surface area contributed by atoms with Gasteiger partial charge in [-0.2, -0.15) is 0 Å². The number of hydrogen-bond acceptors (Lipinski definition) is 3. The summed E-state index contributed by atoms with van der Waals surface area (Å²) >= 11 is 6.20. The Morgan fingerprint density at radius 2 is 1.67 bits per heavy atom. The van der Waals surface area contributed by atoms with Crippen molar-refractivity contribution in [1.29, 1.82) is 0 Å². The molecule has 1 aliphatic rings. The van der Waals surface area contributed by atoms with Crippen LogP contribution in [-0.4, -0.2) is 14.2 Å². The number of benzene rings is 1. The van der Waals surface area contributed by atoms with Crippen LogP contribution in [0, 0.1) is 0 Å². The molecule has 0 aliphatic heterocycles. The molecular weight excluding hydrogens is 250 g/mol. The molecule has 0 bridgehead atoms. The lowest BCUT2D eigenvalue weighted by Gasteiger charge is -2.35. The summed E-state index contributed by atoms with van der Waals surface area (Å²) in [7, 11) is 3.25. The van der Waals surface area contributed by atoms with E-state index >= 15 is 0 Å². The van der Waals surface area contributed by atoms with Crippen LogP contribution in [0.1, 0.15) is 37.7 Å². The van der Waals surface area contributed by atoms with Crippen molar-refractivity contribution in [2.24, 2.45) is 5.73 Å². The maximum absolute atomic E-state index is 6.54. The Morgan fingerprint density at radius 1 is 1.06 bits per heavy atom. The molecule has 3 nitrogen and oxygen atoms in total. The molecular formula is C14H20ClNO2. The van der Waals surface area contributed by atoms with Crippen LogP contribution in [0.15, 0.2) is 12.1 Å². The van der Waals surface area contributed by atoms with E-state index in [4.69, 9.17) is 26.8 Å². The van der Waals surface area contributed by atoms with Crippen molar-refractivity contribution in [1.82, 2.24) is 0 Å². The summed E-state index contributed by atoms with van der Waals surface area (Å²) in [5.74, 6) is 1.39. The van der Waals surface area contributed by atoms with Gasteiger partial charge in [-0.15, -0.1) is 0 Å². The maximum atomic E-state index is 6.54. The first-order valence-corrected chi connectivity index (χ1v) is 6.69. The normalized spacial score (nSPS) is 18.4. The summed E-state index contributed by atoms with van der Waals surface area (Å²) in [5.41, 5.74) is 7.21. The quantitative estimate of drug-likeness (QED) is 0.914. The molecule has 0 unspecified atom stereocenters. The summed E-state index contributed by atoms with van der Waals surface area (Å²) in [6, 6.07) is 3.71. The highest BCUT2D eigenvalue weighted by atomic mass is 35.5. The number of nitrogens with two attached hydrogens (primary N) is 1. The molecule has 0 aromatic heterocycles. The van der Waals surface area contributed by atoms with Crippen LogP contribution in [0.5, 0.6) is 11.5 Å². The predicted molar refractivity (Wildman–Crippen MR) is 73.5 cm³/mol. The fourth-order valence-corrected chi connectivity index (χ4v) is 2.94. The molecule has 0 radical (unpaired) electrons. The van der Waals surface area contributed by atoms with Crippen LogP contribution in [0.25, 0.3) is 0 Å². The monoisotopic (exact) mass is 269 g/mol. The van der Waals surface area contributed by atoms with Crippen molar-refractivity contribution in [3.05, 3.63) is 22.7 Å². The second-order valence-electron chi connectivity index (χ2n) is 4.90. The zero-order valence-corrected chi connectivity index (χ0v) is 11.7. The van der Waals surface area contributed by atoms with E-state index in [0.29, 0.717) is 10.8 Å². The third kappa shape index (κ3) is 2.43. The van der Waals surface area contributed by atoms with Crippen molar-refractivity contribution < 1.29 is 9.47 Å². The van der Waals surface area contributed by atoms with Crippen LogP contribution in [-0.2, 0) is 5.54 Å². The first-order valence-electron chi connectivity index (χ1n) is 6.31. The lowest BCUT2D eigenvalue weighted by molar-refractivity contribution is 0.288. The van der Waals surface area contributed by atoms with Gasteiger partial charge in [-0.25, -0.2) is 0 Å². The third-order valence-electron chi connectivity index (χ3n) is 3.76. The van der Waals surface area contributed by atoms with E-state index in [1.807, 2.05) is 12.1 Å². The molecule has 1 aliphatic carbocycles. The molecule has 1 fully saturated rings. The lowest BCUT2D eigenvalue weighted by atomic mass is 9.77. The van der Waals surface area contributed by atoms with E-state index in [0.717, 1.165) is 37.0 Å². The third-order valence-corrected chi connectivity index (χ3v) is 4.05. The fourth-order valence-electron chi connectivity index (χ4n) is 2.70. The highest BCUT2D eigenvalue weighted by molar-refractivity contribution is 6.32. The van der Waals surface area contributed by atoms with Gasteiger partial charge in [-0.3, -0.25) is 0 Å². The molecule has 0 spiro atoms. The maximum Gasteiger partial charge on any atom is 0.141 e. The Bertz CT molecular complexity index is 428. The number of halogens is 1. The smallest absolute Gasteiger partial charge is 0.141 e. The summed E-state index contributed by atoms with van der Waals surface area (Å²) in [6.45, 7) is 0. The van der Waals surface area contributed by atoms with Gasteiger partial charge in [-0.1, -0.05) is 30.9 Å². The molecule has 2 rings (SSSR count). The van der Waals surface area contributed by atoms with Crippen LogP contribution in [0.2, 0.25) is 5.02 Å². The van der Waals surface area contributed by atoms with Crippen molar-refractivity contribution in [3.8, 4) is 11.5 Å². The number of methoxy groups -OCH3 is 2. The molecule has 4 heteroatoms. The van der Waals surface area contributed by atoms with Crippen molar-refractivity contribution in [3.63, 3.8) is 0 Å². The number of ether oxygens (including phenoxy) is 2. The van der Waals surface area contributed by atoms with E-state index in [-0.39, 0.29) is 5.54 Å². The molecule has 0 amide bonds. The second-order valence-corrected chi connectivity index (χ2v) is 5.31. The van der Waals surface area contributed by atoms with E-state index in [1.54, 1.807) is 14.2 Å². The highest BCUT2D eigenvalue weighted by Gasteiger charge is 2.33. The van der Waals surface area contributed by atoms with Gasteiger partial charge in [0.2, 0.25) is 0 Å². The van der Waals surface area contributed by atoms with Crippen molar-refractivity contribution in [2.45, 2.75) is 37.6 Å². The minimum atomic E-state index is -0.320. The van der Waals surface area contributed by atoms with Gasteiger partial charge in [0.25, 0.3) is 0 Å². The van der Waals surface area contributed by atoms with E-state index in [9.17, 15) is 0 Å². The molecule has 18 heavy (non-hydrogen) atoms. The molecule has 1 aromatic carbocycles.